The second-order valence-corrected chi connectivity index (χ2v) is 7.93. The largest absolute Gasteiger partial charge is 0.494 e. The summed E-state index contributed by atoms with van der Waals surface area (Å²) in [5, 5.41) is 0. The molecule has 0 bridgehead atoms. The van der Waals surface area contributed by atoms with Crippen molar-refractivity contribution in [3.63, 3.8) is 0 Å². The van der Waals surface area contributed by atoms with E-state index in [2.05, 4.69) is 9.88 Å². The highest BCUT2D eigenvalue weighted by atomic mass is 16.5. The van der Waals surface area contributed by atoms with Crippen molar-refractivity contribution in [3.8, 4) is 17.2 Å². The summed E-state index contributed by atoms with van der Waals surface area (Å²) in [5.74, 6) is 2.41. The monoisotopic (exact) mass is 428 g/mol. The molecule has 0 atom stereocenters. The number of rotatable bonds is 5. The van der Waals surface area contributed by atoms with Crippen LogP contribution in [0.25, 0.3) is 6.08 Å². The van der Waals surface area contributed by atoms with E-state index in [0.717, 1.165) is 40.3 Å². The lowest BCUT2D eigenvalue weighted by atomic mass is 10.00. The molecule has 2 aliphatic heterocycles. The number of ether oxygens (including phenoxy) is 3. The molecule has 2 aromatic carbocycles. The Labute approximate surface area is 187 Å². The highest BCUT2D eigenvalue weighted by Crippen LogP contribution is 2.43. The number of hydrogen-bond donors (Lipinski definition) is 0. The van der Waals surface area contributed by atoms with Crippen molar-refractivity contribution in [1.82, 2.24) is 9.88 Å². The molecule has 0 N–H and O–H groups in total. The zero-order chi connectivity index (χ0) is 22.1. The quantitative estimate of drug-likeness (QED) is 0.546. The molecular weight excluding hydrogens is 404 g/mol. The zero-order valence-corrected chi connectivity index (χ0v) is 18.1. The number of hydrogen-bond acceptors (Lipinski definition) is 6. The first kappa shape index (κ1) is 20.3. The van der Waals surface area contributed by atoms with Gasteiger partial charge in [0, 0.05) is 36.6 Å². The number of nitrogens with zero attached hydrogens (tertiary/aromatic N) is 2. The number of carbonyl (C=O) groups excluding carboxylic acids is 1. The Kier molecular flexibility index (Phi) is 5.37. The van der Waals surface area contributed by atoms with Gasteiger partial charge in [-0.2, -0.15) is 0 Å². The molecule has 2 aliphatic rings. The molecule has 32 heavy (non-hydrogen) atoms. The molecule has 0 saturated heterocycles. The third-order valence-corrected chi connectivity index (χ3v) is 5.62. The Bertz CT molecular complexity index is 1190. The molecule has 6 nitrogen and oxygen atoms in total. The van der Waals surface area contributed by atoms with E-state index < -0.39 is 0 Å². The number of Topliss-reactive ketones (excluding diaryl/α,β-unsaturated/α-hetero) is 1. The minimum atomic E-state index is -0.107. The maximum absolute atomic E-state index is 13.1. The number of pyridine rings is 1. The predicted molar refractivity (Wildman–Crippen MR) is 121 cm³/mol. The van der Waals surface area contributed by atoms with E-state index in [0.29, 0.717) is 37.0 Å². The summed E-state index contributed by atoms with van der Waals surface area (Å²) < 4.78 is 17.5. The summed E-state index contributed by atoms with van der Waals surface area (Å²) in [7, 11) is 0. The topological polar surface area (TPSA) is 60.9 Å². The van der Waals surface area contributed by atoms with Crippen LogP contribution in [0.2, 0.25) is 0 Å². The molecule has 0 fully saturated rings. The van der Waals surface area contributed by atoms with Gasteiger partial charge in [-0.05, 0) is 55.3 Å². The fraction of sp³-hybridized carbons (Fsp3) is 0.231. The van der Waals surface area contributed by atoms with Crippen molar-refractivity contribution < 1.29 is 19.0 Å². The highest BCUT2D eigenvalue weighted by molar-refractivity contribution is 6.15. The normalized spacial score (nSPS) is 16.3. The second kappa shape index (κ2) is 8.48. The smallest absolute Gasteiger partial charge is 0.231 e. The maximum Gasteiger partial charge on any atom is 0.231 e. The molecule has 6 heteroatoms. The molecule has 1 aromatic heterocycles. The second-order valence-electron chi connectivity index (χ2n) is 7.93. The van der Waals surface area contributed by atoms with Crippen LogP contribution in [0.4, 0.5) is 0 Å². The summed E-state index contributed by atoms with van der Waals surface area (Å²) in [5.41, 5.74) is 4.45. The van der Waals surface area contributed by atoms with Gasteiger partial charge in [0.05, 0.1) is 12.2 Å². The lowest BCUT2D eigenvalue weighted by Gasteiger charge is -2.30. The zero-order valence-electron chi connectivity index (χ0n) is 18.1. The molecule has 5 rings (SSSR count). The first-order valence-electron chi connectivity index (χ1n) is 10.7. The molecule has 0 aliphatic carbocycles. The fourth-order valence-corrected chi connectivity index (χ4v) is 4.13. The first-order valence-corrected chi connectivity index (χ1v) is 10.7. The van der Waals surface area contributed by atoms with E-state index in [1.807, 2.05) is 62.5 Å². The number of ketones is 1. The van der Waals surface area contributed by atoms with Crippen LogP contribution in [0.15, 0.2) is 60.6 Å². The van der Waals surface area contributed by atoms with Crippen molar-refractivity contribution in [1.29, 1.82) is 0 Å². The number of allylic oxidation sites excluding steroid dienone is 1. The fourth-order valence-electron chi connectivity index (χ4n) is 4.13. The third-order valence-electron chi connectivity index (χ3n) is 5.62. The summed E-state index contributed by atoms with van der Waals surface area (Å²) in [6.45, 7) is 6.41. The summed E-state index contributed by atoms with van der Waals surface area (Å²) in [6, 6.07) is 13.5. The van der Waals surface area contributed by atoms with Gasteiger partial charge in [0.1, 0.15) is 24.0 Å². The number of benzene rings is 2. The standard InChI is InChI=1S/C26H24N2O4/c1-3-30-21-8-6-18(7-9-21)11-23-24(29)22-12-20-15-28(14-19-5-4-10-27-13-19)16-31-25(20)17(2)26(22)32-23/h4-13H,3,14-16H2,1-2H3/b23-11-. The lowest BCUT2D eigenvalue weighted by Crippen LogP contribution is -2.32. The third kappa shape index (κ3) is 3.85. The van der Waals surface area contributed by atoms with E-state index in [1.54, 1.807) is 12.3 Å². The van der Waals surface area contributed by atoms with E-state index in [1.165, 1.54) is 0 Å². The van der Waals surface area contributed by atoms with E-state index in [-0.39, 0.29) is 5.78 Å². The summed E-state index contributed by atoms with van der Waals surface area (Å²) in [6.07, 6.45) is 5.40. The maximum atomic E-state index is 13.1. The minimum Gasteiger partial charge on any atom is -0.494 e. The first-order chi connectivity index (χ1) is 15.6. The van der Waals surface area contributed by atoms with Gasteiger partial charge in [-0.15, -0.1) is 0 Å². The van der Waals surface area contributed by atoms with Crippen LogP contribution in [0.3, 0.4) is 0 Å². The van der Waals surface area contributed by atoms with Crippen LogP contribution in [-0.2, 0) is 13.1 Å². The van der Waals surface area contributed by atoms with Crippen molar-refractivity contribution in [2.24, 2.45) is 0 Å². The van der Waals surface area contributed by atoms with Crippen LogP contribution in [0.5, 0.6) is 17.2 Å². The van der Waals surface area contributed by atoms with Crippen molar-refractivity contribution >= 4 is 11.9 Å². The van der Waals surface area contributed by atoms with E-state index in [4.69, 9.17) is 14.2 Å². The molecule has 3 aromatic rings. The molecule has 0 unspecified atom stereocenters. The molecule has 0 saturated carbocycles. The van der Waals surface area contributed by atoms with Gasteiger partial charge in [0.25, 0.3) is 0 Å². The van der Waals surface area contributed by atoms with Crippen LogP contribution in [-0.4, -0.2) is 29.0 Å². The molecule has 0 radical (unpaired) electrons. The SMILES string of the molecule is CCOc1ccc(/C=C2\Oc3c(cc4c(c3C)OCN(Cc3cccnc3)C4)C2=O)cc1. The molecule has 3 heterocycles. The summed E-state index contributed by atoms with van der Waals surface area (Å²) >= 11 is 0. The minimum absolute atomic E-state index is 0.107. The average Bonchev–Trinajstić information content (AvgIpc) is 3.12. The summed E-state index contributed by atoms with van der Waals surface area (Å²) in [4.78, 5) is 19.5. The Morgan fingerprint density at radius 2 is 2.03 bits per heavy atom. The van der Waals surface area contributed by atoms with Crippen LogP contribution >= 0.6 is 0 Å². The van der Waals surface area contributed by atoms with Gasteiger partial charge in [-0.25, -0.2) is 0 Å². The Balaban J connectivity index is 1.39. The number of fused-ring (bicyclic) bond motifs is 2. The highest BCUT2D eigenvalue weighted by Gasteiger charge is 2.33. The predicted octanol–water partition coefficient (Wildman–Crippen LogP) is 4.76. The molecular formula is C26H24N2O4. The molecule has 0 amide bonds. The number of carbonyl (C=O) groups is 1. The van der Waals surface area contributed by atoms with E-state index in [9.17, 15) is 4.79 Å². The van der Waals surface area contributed by atoms with Gasteiger partial charge >= 0.3 is 0 Å². The van der Waals surface area contributed by atoms with Crippen molar-refractivity contribution in [2.75, 3.05) is 13.3 Å². The molecule has 0 spiro atoms. The Hall–Kier alpha value is -3.64. The lowest BCUT2D eigenvalue weighted by molar-refractivity contribution is 0.0876. The molecule has 162 valence electrons. The van der Waals surface area contributed by atoms with Gasteiger partial charge in [-0.1, -0.05) is 18.2 Å². The van der Waals surface area contributed by atoms with Gasteiger partial charge in [0.15, 0.2) is 5.76 Å². The van der Waals surface area contributed by atoms with Crippen LogP contribution in [0.1, 0.15) is 39.5 Å². The van der Waals surface area contributed by atoms with Gasteiger partial charge in [-0.3, -0.25) is 14.7 Å². The van der Waals surface area contributed by atoms with Gasteiger partial charge < -0.3 is 14.2 Å². The van der Waals surface area contributed by atoms with Crippen molar-refractivity contribution in [2.45, 2.75) is 26.9 Å². The Morgan fingerprint density at radius 3 is 2.78 bits per heavy atom. The average molecular weight is 428 g/mol. The van der Waals surface area contributed by atoms with Crippen LogP contribution < -0.4 is 14.2 Å². The van der Waals surface area contributed by atoms with Gasteiger partial charge in [0.2, 0.25) is 5.78 Å². The Morgan fingerprint density at radius 1 is 1.19 bits per heavy atom. The number of aromatic nitrogens is 1. The van der Waals surface area contributed by atoms with Crippen LogP contribution in [0, 0.1) is 6.92 Å². The van der Waals surface area contributed by atoms with Crippen molar-refractivity contribution in [3.05, 3.63) is 88.4 Å². The van der Waals surface area contributed by atoms with E-state index >= 15 is 0 Å².